The number of nitrogens with one attached hydrogen (secondary N) is 1. The molecule has 6 N–H and O–H groups in total. The van der Waals surface area contributed by atoms with E-state index in [9.17, 15) is 5.11 Å². The Morgan fingerprint density at radius 1 is 1.03 bits per heavy atom. The third kappa shape index (κ3) is 5.72. The average Bonchev–Trinajstić information content (AvgIpc) is 3.07. The molecule has 7 nitrogen and oxygen atoms in total. The molecule has 1 unspecified atom stereocenters. The zero-order valence-corrected chi connectivity index (χ0v) is 21.9. The van der Waals surface area contributed by atoms with Crippen LogP contribution in [-0.4, -0.2) is 19.2 Å². The molecule has 10 heteroatoms. The molecule has 188 valence electrons. The van der Waals surface area contributed by atoms with Gasteiger partial charge in [-0.1, -0.05) is 65.1 Å². The molecule has 1 atom stereocenters. The third-order valence-corrected chi connectivity index (χ3v) is 6.97. The van der Waals surface area contributed by atoms with Crippen molar-refractivity contribution in [2.75, 3.05) is 0 Å². The van der Waals surface area contributed by atoms with Gasteiger partial charge in [0.1, 0.15) is 0 Å². The summed E-state index contributed by atoms with van der Waals surface area (Å²) in [6.07, 6.45) is 0.752. The summed E-state index contributed by atoms with van der Waals surface area (Å²) in [4.78, 5) is 0. The summed E-state index contributed by atoms with van der Waals surface area (Å²) in [5.41, 5.74) is 11.3. The van der Waals surface area contributed by atoms with Gasteiger partial charge in [0, 0.05) is 16.9 Å². The van der Waals surface area contributed by atoms with Gasteiger partial charge in [0.2, 0.25) is 5.62 Å². The summed E-state index contributed by atoms with van der Waals surface area (Å²) in [5.74, 6) is 6.20. The van der Waals surface area contributed by atoms with Gasteiger partial charge >= 0.3 is 0 Å². The van der Waals surface area contributed by atoms with Crippen molar-refractivity contribution >= 4 is 45.8 Å². The average molecular weight is 546 g/mol. The highest BCUT2D eigenvalue weighted by molar-refractivity contribution is 6.42. The Labute approximate surface area is 224 Å². The van der Waals surface area contributed by atoms with E-state index in [1.54, 1.807) is 45.7 Å². The highest BCUT2D eigenvalue weighted by Gasteiger charge is 2.17. The molecule has 0 saturated carbocycles. The molecule has 0 aliphatic heterocycles. The highest BCUT2D eigenvalue weighted by atomic mass is 35.5. The monoisotopic (exact) mass is 544 g/mol. The molecule has 1 heterocycles. The first-order valence-electron chi connectivity index (χ1n) is 11.2. The molecule has 1 aromatic heterocycles. The number of hydrogen-bond acceptors (Lipinski definition) is 5. The van der Waals surface area contributed by atoms with Gasteiger partial charge in [-0.3, -0.25) is 5.41 Å². The van der Waals surface area contributed by atoms with Crippen molar-refractivity contribution in [1.82, 2.24) is 14.1 Å². The fraction of sp³-hybridized carbons (Fsp3) is 0.192. The van der Waals surface area contributed by atoms with Crippen molar-refractivity contribution in [3.05, 3.63) is 110 Å². The molecule has 0 spiro atoms. The Hall–Kier alpha value is -2.94. The van der Waals surface area contributed by atoms with Crippen molar-refractivity contribution in [1.29, 1.82) is 5.41 Å². The van der Waals surface area contributed by atoms with Crippen molar-refractivity contribution in [2.24, 2.45) is 11.6 Å². The van der Waals surface area contributed by atoms with Crippen LogP contribution in [0.4, 0.5) is 0 Å². The first kappa shape index (κ1) is 26.1. The van der Waals surface area contributed by atoms with Crippen LogP contribution in [0.5, 0.6) is 0 Å². The number of benzene rings is 3. The van der Waals surface area contributed by atoms with E-state index in [1.165, 1.54) is 5.01 Å². The van der Waals surface area contributed by atoms with Crippen molar-refractivity contribution < 1.29 is 5.11 Å². The van der Waals surface area contributed by atoms with Crippen LogP contribution < -0.4 is 17.2 Å². The lowest BCUT2D eigenvalue weighted by molar-refractivity contribution is 0.155. The van der Waals surface area contributed by atoms with Gasteiger partial charge in [-0.2, -0.15) is 0 Å². The van der Waals surface area contributed by atoms with Crippen LogP contribution in [0.2, 0.25) is 15.1 Å². The van der Waals surface area contributed by atoms with Gasteiger partial charge in [0.25, 0.3) is 0 Å². The number of imidazole rings is 1. The van der Waals surface area contributed by atoms with Gasteiger partial charge < -0.3 is 25.0 Å². The van der Waals surface area contributed by atoms with Gasteiger partial charge in [0.15, 0.2) is 0 Å². The summed E-state index contributed by atoms with van der Waals surface area (Å²) >= 11 is 18.4. The number of hydrazine groups is 1. The second-order valence-electron chi connectivity index (χ2n) is 8.65. The molecule has 0 fully saturated rings. The molecule has 0 radical (unpaired) electrons. The number of aliphatic hydroxyl groups excluding tert-OH is 1. The van der Waals surface area contributed by atoms with E-state index >= 15 is 0 Å². The Morgan fingerprint density at radius 3 is 2.50 bits per heavy atom. The Kier molecular flexibility index (Phi) is 7.97. The minimum Gasteiger partial charge on any atom is -0.399 e. The fourth-order valence-corrected chi connectivity index (χ4v) is 4.60. The number of hydrogen-bond donors (Lipinski definition) is 4. The molecule has 3 aromatic carbocycles. The molecular formula is C26H27Cl3N6O. The zero-order valence-electron chi connectivity index (χ0n) is 19.6. The largest absolute Gasteiger partial charge is 0.399 e. The zero-order chi connectivity index (χ0) is 26.0. The lowest BCUT2D eigenvalue weighted by atomic mass is 10.1. The molecular weight excluding hydrogens is 519 g/mol. The SMILES string of the molecule is Cc1ccccc1CN(N)/C=C(\N)Cn1c(=N)n(CC(O)c2ccc(Cl)c(Cl)c2)c2ccc(Cl)cc21. The lowest BCUT2D eigenvalue weighted by Gasteiger charge is -2.17. The van der Waals surface area contributed by atoms with Crippen LogP contribution in [-0.2, 0) is 19.6 Å². The standard InChI is InChI=1S/C26H27Cl3N6O/c1-16-4-2-3-5-18(16)12-33(32)13-20(30)14-34-24-11-19(27)7-9-23(24)35(26(34)31)15-25(36)17-6-8-21(28)22(29)10-17/h2-11,13,25,31,36H,12,14-15,30,32H2,1H3/b20-13-,31-26?. The van der Waals surface area contributed by atoms with Crippen LogP contribution >= 0.6 is 34.8 Å². The van der Waals surface area contributed by atoms with E-state index < -0.39 is 6.10 Å². The van der Waals surface area contributed by atoms with Gasteiger partial charge in [-0.25, -0.2) is 5.84 Å². The molecule has 0 bridgehead atoms. The smallest absolute Gasteiger partial charge is 0.203 e. The van der Waals surface area contributed by atoms with Crippen LogP contribution in [0.15, 0.2) is 72.6 Å². The minimum absolute atomic E-state index is 0.127. The molecule has 36 heavy (non-hydrogen) atoms. The van der Waals surface area contributed by atoms with E-state index in [2.05, 4.69) is 0 Å². The predicted octanol–water partition coefficient (Wildman–Crippen LogP) is 5.10. The third-order valence-electron chi connectivity index (χ3n) is 6.00. The number of halogens is 3. The van der Waals surface area contributed by atoms with Gasteiger partial charge in [-0.05, 0) is 53.9 Å². The Morgan fingerprint density at radius 2 is 1.78 bits per heavy atom. The Bertz CT molecular complexity index is 1490. The minimum atomic E-state index is -0.912. The van der Waals surface area contributed by atoms with E-state index in [-0.39, 0.29) is 18.7 Å². The van der Waals surface area contributed by atoms with E-state index in [0.717, 1.165) is 16.6 Å². The predicted molar refractivity (Wildman–Crippen MR) is 145 cm³/mol. The van der Waals surface area contributed by atoms with Crippen molar-refractivity contribution in [3.8, 4) is 0 Å². The van der Waals surface area contributed by atoms with Crippen molar-refractivity contribution in [2.45, 2.75) is 32.7 Å². The van der Waals surface area contributed by atoms with Gasteiger partial charge in [0.05, 0.1) is 46.8 Å². The summed E-state index contributed by atoms with van der Waals surface area (Å²) in [7, 11) is 0. The lowest BCUT2D eigenvalue weighted by Crippen LogP contribution is -2.30. The quantitative estimate of drug-likeness (QED) is 0.182. The number of rotatable bonds is 8. The molecule has 0 amide bonds. The van der Waals surface area contributed by atoms with Crippen LogP contribution in [0.25, 0.3) is 11.0 Å². The first-order chi connectivity index (χ1) is 17.1. The maximum atomic E-state index is 10.9. The number of nitrogens with zero attached hydrogens (tertiary/aromatic N) is 3. The number of aryl methyl sites for hydroxylation is 1. The number of fused-ring (bicyclic) bond motifs is 1. The maximum Gasteiger partial charge on any atom is 0.203 e. The Balaban J connectivity index is 1.63. The van der Waals surface area contributed by atoms with Gasteiger partial charge in [-0.15, -0.1) is 0 Å². The number of aliphatic hydroxyl groups is 1. The normalized spacial score (nSPS) is 12.8. The summed E-state index contributed by atoms with van der Waals surface area (Å²) in [6.45, 7) is 2.87. The van der Waals surface area contributed by atoms with Crippen molar-refractivity contribution in [3.63, 3.8) is 0 Å². The van der Waals surface area contributed by atoms with Crippen LogP contribution in [0.3, 0.4) is 0 Å². The van der Waals surface area contributed by atoms with E-state index in [4.69, 9.17) is 51.8 Å². The first-order valence-corrected chi connectivity index (χ1v) is 12.4. The summed E-state index contributed by atoms with van der Waals surface area (Å²) in [5, 5.41) is 22.6. The second-order valence-corrected chi connectivity index (χ2v) is 9.90. The molecule has 0 saturated heterocycles. The molecule has 4 rings (SSSR count). The highest BCUT2D eigenvalue weighted by Crippen LogP contribution is 2.27. The topological polar surface area (TPSA) is 109 Å². The number of aromatic nitrogens is 2. The maximum absolute atomic E-state index is 10.9. The molecule has 0 aliphatic carbocycles. The van der Waals surface area contributed by atoms with E-state index in [1.807, 2.05) is 37.3 Å². The van der Waals surface area contributed by atoms with Crippen LogP contribution in [0, 0.1) is 12.3 Å². The second kappa shape index (κ2) is 11.0. The van der Waals surface area contributed by atoms with E-state index in [0.29, 0.717) is 38.4 Å². The number of allylic oxidation sites excluding steroid dienone is 1. The molecule has 0 aliphatic rings. The number of nitrogens with two attached hydrogens (primary N) is 2. The molecule has 4 aromatic rings. The summed E-state index contributed by atoms with van der Waals surface area (Å²) in [6, 6.07) is 18.3. The van der Waals surface area contributed by atoms with Crippen LogP contribution in [0.1, 0.15) is 22.8 Å². The fourth-order valence-electron chi connectivity index (χ4n) is 4.12. The summed E-state index contributed by atoms with van der Waals surface area (Å²) < 4.78 is 3.44.